The number of phenolic OH excluding ortho intramolecular Hbond substituents is 1. The standard InChI is InChI=1S/C19H28N4O2/c1-20-19(21-9-6-16-7-14-25-15-8-16)23-12-10-22(11-13-23)17-4-2-3-5-18(17)24/h2-5,7,24H,6,8-15H2,1H3,(H,20,21). The summed E-state index contributed by atoms with van der Waals surface area (Å²) in [4.78, 5) is 8.94. The van der Waals surface area contributed by atoms with Crippen molar-refractivity contribution in [2.24, 2.45) is 4.99 Å². The summed E-state index contributed by atoms with van der Waals surface area (Å²) in [6, 6.07) is 7.54. The quantitative estimate of drug-likeness (QED) is 0.496. The molecule has 1 aromatic carbocycles. The minimum atomic E-state index is 0.350. The molecule has 6 heteroatoms. The van der Waals surface area contributed by atoms with Gasteiger partial charge in [0.1, 0.15) is 5.75 Å². The minimum Gasteiger partial charge on any atom is -0.506 e. The third-order valence-corrected chi connectivity index (χ3v) is 4.80. The SMILES string of the molecule is CN=C(NCCC1=CCOCC1)N1CCN(c2ccccc2O)CC1. The van der Waals surface area contributed by atoms with Crippen molar-refractivity contribution >= 4 is 11.6 Å². The number of aliphatic imine (C=N–C) groups is 1. The van der Waals surface area contributed by atoms with Gasteiger partial charge >= 0.3 is 0 Å². The Morgan fingerprint density at radius 2 is 2.04 bits per heavy atom. The maximum absolute atomic E-state index is 10.0. The summed E-state index contributed by atoms with van der Waals surface area (Å²) >= 11 is 0. The van der Waals surface area contributed by atoms with Crippen molar-refractivity contribution in [2.45, 2.75) is 12.8 Å². The molecule has 2 heterocycles. The predicted molar refractivity (Wildman–Crippen MR) is 101 cm³/mol. The molecular weight excluding hydrogens is 316 g/mol. The average Bonchev–Trinajstić information content (AvgIpc) is 2.67. The van der Waals surface area contributed by atoms with Crippen molar-refractivity contribution in [2.75, 3.05) is 57.9 Å². The maximum Gasteiger partial charge on any atom is 0.193 e. The lowest BCUT2D eigenvalue weighted by Crippen LogP contribution is -2.52. The van der Waals surface area contributed by atoms with E-state index in [1.165, 1.54) is 5.57 Å². The van der Waals surface area contributed by atoms with Crippen molar-refractivity contribution in [3.05, 3.63) is 35.9 Å². The van der Waals surface area contributed by atoms with E-state index in [4.69, 9.17) is 4.74 Å². The van der Waals surface area contributed by atoms with E-state index in [0.29, 0.717) is 5.75 Å². The Morgan fingerprint density at radius 1 is 1.24 bits per heavy atom. The molecule has 0 radical (unpaired) electrons. The van der Waals surface area contributed by atoms with Crippen LogP contribution in [0.5, 0.6) is 5.75 Å². The summed E-state index contributed by atoms with van der Waals surface area (Å²) in [7, 11) is 1.84. The molecule has 2 N–H and O–H groups in total. The van der Waals surface area contributed by atoms with Crippen molar-refractivity contribution in [1.29, 1.82) is 0 Å². The number of guanidine groups is 1. The van der Waals surface area contributed by atoms with Gasteiger partial charge in [-0.2, -0.15) is 0 Å². The highest BCUT2D eigenvalue weighted by atomic mass is 16.5. The lowest BCUT2D eigenvalue weighted by Gasteiger charge is -2.37. The van der Waals surface area contributed by atoms with Crippen LogP contribution < -0.4 is 10.2 Å². The highest BCUT2D eigenvalue weighted by Crippen LogP contribution is 2.27. The molecule has 3 rings (SSSR count). The third kappa shape index (κ3) is 4.66. The zero-order valence-electron chi connectivity index (χ0n) is 14.9. The summed E-state index contributed by atoms with van der Waals surface area (Å²) in [5.41, 5.74) is 2.38. The normalized spacial score (nSPS) is 18.9. The van der Waals surface area contributed by atoms with Crippen LogP contribution in [0.25, 0.3) is 0 Å². The Morgan fingerprint density at radius 3 is 2.72 bits per heavy atom. The first-order valence-electron chi connectivity index (χ1n) is 9.02. The molecule has 0 bridgehead atoms. The smallest absolute Gasteiger partial charge is 0.193 e. The lowest BCUT2D eigenvalue weighted by molar-refractivity contribution is 0.153. The van der Waals surface area contributed by atoms with Crippen molar-refractivity contribution in [3.63, 3.8) is 0 Å². The second-order valence-corrected chi connectivity index (χ2v) is 6.37. The molecule has 6 nitrogen and oxygen atoms in total. The molecule has 2 aliphatic heterocycles. The lowest BCUT2D eigenvalue weighted by atomic mass is 10.1. The third-order valence-electron chi connectivity index (χ3n) is 4.80. The molecule has 1 fully saturated rings. The molecule has 0 atom stereocenters. The van der Waals surface area contributed by atoms with Gasteiger partial charge in [0.25, 0.3) is 0 Å². The van der Waals surface area contributed by atoms with E-state index >= 15 is 0 Å². The van der Waals surface area contributed by atoms with Gasteiger partial charge in [-0.1, -0.05) is 23.8 Å². The fraction of sp³-hybridized carbons (Fsp3) is 0.526. The number of hydrogen-bond donors (Lipinski definition) is 2. The number of ether oxygens (including phenoxy) is 1. The van der Waals surface area contributed by atoms with E-state index in [2.05, 4.69) is 26.2 Å². The first-order chi connectivity index (χ1) is 12.3. The zero-order valence-corrected chi connectivity index (χ0v) is 14.9. The Hall–Kier alpha value is -2.21. The second-order valence-electron chi connectivity index (χ2n) is 6.37. The summed E-state index contributed by atoms with van der Waals surface area (Å²) in [6.45, 7) is 6.03. The van der Waals surface area contributed by atoms with E-state index < -0.39 is 0 Å². The number of nitrogens with one attached hydrogen (secondary N) is 1. The fourth-order valence-electron chi connectivity index (χ4n) is 3.35. The Bertz CT molecular complexity index is 622. The molecule has 0 aliphatic carbocycles. The average molecular weight is 344 g/mol. The van der Waals surface area contributed by atoms with Crippen molar-refractivity contribution in [3.8, 4) is 5.75 Å². The van der Waals surface area contributed by atoms with E-state index in [9.17, 15) is 5.11 Å². The largest absolute Gasteiger partial charge is 0.506 e. The maximum atomic E-state index is 10.0. The van der Waals surface area contributed by atoms with Gasteiger partial charge in [0.2, 0.25) is 0 Å². The number of nitrogens with zero attached hydrogens (tertiary/aromatic N) is 3. The van der Waals surface area contributed by atoms with Gasteiger partial charge in [0.05, 0.1) is 18.9 Å². The first-order valence-corrected chi connectivity index (χ1v) is 9.02. The van der Waals surface area contributed by atoms with Gasteiger partial charge in [0, 0.05) is 39.8 Å². The fourth-order valence-corrected chi connectivity index (χ4v) is 3.35. The van der Waals surface area contributed by atoms with E-state index in [0.717, 1.165) is 70.4 Å². The summed E-state index contributed by atoms with van der Waals surface area (Å²) in [5.74, 6) is 1.31. The van der Waals surface area contributed by atoms with Gasteiger partial charge < -0.3 is 25.0 Å². The van der Waals surface area contributed by atoms with Crippen LogP contribution in [0.2, 0.25) is 0 Å². The van der Waals surface area contributed by atoms with E-state index in [1.807, 2.05) is 25.2 Å². The molecule has 0 spiro atoms. The van der Waals surface area contributed by atoms with Crippen LogP contribution in [0.4, 0.5) is 5.69 Å². The molecule has 1 saturated heterocycles. The zero-order chi connectivity index (χ0) is 17.5. The van der Waals surface area contributed by atoms with Gasteiger partial charge in [0.15, 0.2) is 5.96 Å². The molecule has 1 aromatic rings. The number of hydrogen-bond acceptors (Lipinski definition) is 4. The summed E-state index contributed by atoms with van der Waals surface area (Å²) in [5, 5.41) is 13.5. The van der Waals surface area contributed by atoms with Crippen LogP contribution in [0.15, 0.2) is 40.9 Å². The highest BCUT2D eigenvalue weighted by Gasteiger charge is 2.21. The van der Waals surface area contributed by atoms with E-state index in [1.54, 1.807) is 6.07 Å². The van der Waals surface area contributed by atoms with Crippen LogP contribution in [-0.2, 0) is 4.74 Å². The molecule has 0 aromatic heterocycles. The highest BCUT2D eigenvalue weighted by molar-refractivity contribution is 5.80. The summed E-state index contributed by atoms with van der Waals surface area (Å²) in [6.07, 6.45) is 4.28. The molecule has 136 valence electrons. The molecular formula is C19H28N4O2. The van der Waals surface area contributed by atoms with Crippen LogP contribution >= 0.6 is 0 Å². The Kier molecular flexibility index (Phi) is 6.17. The van der Waals surface area contributed by atoms with Crippen molar-refractivity contribution < 1.29 is 9.84 Å². The topological polar surface area (TPSA) is 60.3 Å². The van der Waals surface area contributed by atoms with Crippen LogP contribution in [0, 0.1) is 0 Å². The van der Waals surface area contributed by atoms with Gasteiger partial charge in [-0.3, -0.25) is 4.99 Å². The molecule has 25 heavy (non-hydrogen) atoms. The van der Waals surface area contributed by atoms with E-state index in [-0.39, 0.29) is 0 Å². The first kappa shape index (κ1) is 17.6. The van der Waals surface area contributed by atoms with Gasteiger partial charge in [-0.25, -0.2) is 0 Å². The minimum absolute atomic E-state index is 0.350. The van der Waals surface area contributed by atoms with Crippen LogP contribution in [0.1, 0.15) is 12.8 Å². The van der Waals surface area contributed by atoms with Gasteiger partial charge in [-0.05, 0) is 25.0 Å². The number of phenols is 1. The van der Waals surface area contributed by atoms with Crippen molar-refractivity contribution in [1.82, 2.24) is 10.2 Å². The Balaban J connectivity index is 1.47. The second kappa shape index (κ2) is 8.76. The number of anilines is 1. The Labute approximate surface area is 149 Å². The molecule has 2 aliphatic rings. The number of benzene rings is 1. The number of aromatic hydroxyl groups is 1. The number of piperazine rings is 1. The monoisotopic (exact) mass is 344 g/mol. The van der Waals surface area contributed by atoms with Crippen LogP contribution in [-0.4, -0.2) is 69.0 Å². The predicted octanol–water partition coefficient (Wildman–Crippen LogP) is 1.83. The number of para-hydroxylation sites is 2. The molecule has 0 unspecified atom stereocenters. The van der Waals surface area contributed by atoms with Gasteiger partial charge in [-0.15, -0.1) is 0 Å². The molecule has 0 saturated carbocycles. The van der Waals surface area contributed by atoms with Crippen LogP contribution in [0.3, 0.4) is 0 Å². The molecule has 0 amide bonds. The number of rotatable bonds is 4. The summed E-state index contributed by atoms with van der Waals surface area (Å²) < 4.78 is 5.35.